The summed E-state index contributed by atoms with van der Waals surface area (Å²) in [6.07, 6.45) is 6.47. The maximum atomic E-state index is 12.6. The van der Waals surface area contributed by atoms with Crippen LogP contribution in [0.1, 0.15) is 39.3 Å². The number of halogens is 1. The lowest BCUT2D eigenvalue weighted by Crippen LogP contribution is -2.45. The quantitative estimate of drug-likeness (QED) is 0.779. The van der Waals surface area contributed by atoms with E-state index >= 15 is 0 Å². The first-order valence-electron chi connectivity index (χ1n) is 9.76. The summed E-state index contributed by atoms with van der Waals surface area (Å²) >= 11 is 6.20. The second-order valence-corrected chi connectivity index (χ2v) is 8.05. The van der Waals surface area contributed by atoms with Crippen molar-refractivity contribution in [2.24, 2.45) is 11.8 Å². The zero-order valence-corrected chi connectivity index (χ0v) is 17.3. The van der Waals surface area contributed by atoms with Crippen LogP contribution in [0.2, 0.25) is 5.15 Å². The number of carbonyl (C=O) groups excluding carboxylic acids is 2. The molecule has 1 aliphatic heterocycles. The fourth-order valence-electron chi connectivity index (χ4n) is 3.26. The van der Waals surface area contributed by atoms with Crippen LogP contribution in [-0.4, -0.2) is 45.2 Å². The van der Waals surface area contributed by atoms with E-state index in [1.54, 1.807) is 11.0 Å². The fourth-order valence-corrected chi connectivity index (χ4v) is 3.50. The Labute approximate surface area is 170 Å². The minimum Gasteiger partial charge on any atom is -0.353 e. The second-order valence-electron chi connectivity index (χ2n) is 7.69. The minimum atomic E-state index is -0.0728. The Hall–Kier alpha value is -2.34. The van der Waals surface area contributed by atoms with Gasteiger partial charge in [0.05, 0.1) is 5.69 Å². The molecule has 28 heavy (non-hydrogen) atoms. The van der Waals surface area contributed by atoms with Crippen LogP contribution in [0.25, 0.3) is 11.7 Å². The molecule has 2 aromatic rings. The van der Waals surface area contributed by atoms with Crippen LogP contribution in [0.3, 0.4) is 0 Å². The molecular weight excluding hydrogens is 376 g/mol. The van der Waals surface area contributed by atoms with Gasteiger partial charge in [0.1, 0.15) is 5.65 Å². The van der Waals surface area contributed by atoms with Gasteiger partial charge < -0.3 is 10.2 Å². The van der Waals surface area contributed by atoms with Crippen molar-refractivity contribution in [3.63, 3.8) is 0 Å². The van der Waals surface area contributed by atoms with Crippen molar-refractivity contribution in [1.29, 1.82) is 0 Å². The van der Waals surface area contributed by atoms with Crippen LogP contribution in [0.15, 0.2) is 30.5 Å². The number of aromatic nitrogens is 2. The summed E-state index contributed by atoms with van der Waals surface area (Å²) in [6.45, 7) is 7.37. The molecule has 3 rings (SSSR count). The molecule has 0 aromatic carbocycles. The summed E-state index contributed by atoms with van der Waals surface area (Å²) in [5.74, 6) is 0.405. The zero-order valence-electron chi connectivity index (χ0n) is 16.6. The molecule has 150 valence electrons. The van der Waals surface area contributed by atoms with E-state index < -0.39 is 0 Å². The summed E-state index contributed by atoms with van der Waals surface area (Å²) in [5.41, 5.74) is 1.42. The van der Waals surface area contributed by atoms with Crippen molar-refractivity contribution >= 4 is 35.1 Å². The van der Waals surface area contributed by atoms with Crippen molar-refractivity contribution in [2.45, 2.75) is 39.7 Å². The lowest BCUT2D eigenvalue weighted by atomic mass is 9.94. The Bertz CT molecular complexity index is 882. The molecule has 1 fully saturated rings. The van der Waals surface area contributed by atoms with Gasteiger partial charge in [-0.25, -0.2) is 4.98 Å². The number of fused-ring (bicyclic) bond motifs is 1. The van der Waals surface area contributed by atoms with Gasteiger partial charge in [0.15, 0.2) is 5.15 Å². The van der Waals surface area contributed by atoms with Gasteiger partial charge in [-0.2, -0.15) is 0 Å². The first kappa shape index (κ1) is 20.4. The molecule has 0 radical (unpaired) electrons. The maximum Gasteiger partial charge on any atom is 0.246 e. The molecule has 7 heteroatoms. The van der Waals surface area contributed by atoms with Gasteiger partial charge in [0.2, 0.25) is 11.8 Å². The third kappa shape index (κ3) is 4.55. The van der Waals surface area contributed by atoms with Gasteiger partial charge in [0.25, 0.3) is 0 Å². The number of pyridine rings is 1. The van der Waals surface area contributed by atoms with Gasteiger partial charge >= 0.3 is 0 Å². The van der Waals surface area contributed by atoms with Crippen molar-refractivity contribution in [3.8, 4) is 0 Å². The van der Waals surface area contributed by atoms with Crippen LogP contribution < -0.4 is 5.32 Å². The first-order chi connectivity index (χ1) is 13.4. The van der Waals surface area contributed by atoms with E-state index in [1.807, 2.05) is 35.7 Å². The number of hydrogen-bond donors (Lipinski definition) is 1. The van der Waals surface area contributed by atoms with Crippen molar-refractivity contribution in [2.75, 3.05) is 13.1 Å². The summed E-state index contributed by atoms with van der Waals surface area (Å²) in [5, 5.41) is 3.44. The SMILES string of the molecule is CC(C)C(C)NC(=O)C1CCN(C(=O)/C=C/c2c(Cl)nc3ccccn23)CC1. The Morgan fingerprint density at radius 2 is 1.96 bits per heavy atom. The van der Waals surface area contributed by atoms with Gasteiger partial charge in [0, 0.05) is 37.3 Å². The second kappa shape index (κ2) is 8.78. The molecule has 1 unspecified atom stereocenters. The highest BCUT2D eigenvalue weighted by molar-refractivity contribution is 6.31. The van der Waals surface area contributed by atoms with Gasteiger partial charge in [-0.05, 0) is 43.9 Å². The molecule has 2 aromatic heterocycles. The van der Waals surface area contributed by atoms with Crippen molar-refractivity contribution < 1.29 is 9.59 Å². The van der Waals surface area contributed by atoms with E-state index in [2.05, 4.69) is 24.1 Å². The molecule has 6 nitrogen and oxygen atoms in total. The molecule has 1 atom stereocenters. The topological polar surface area (TPSA) is 66.7 Å². The Kier molecular flexibility index (Phi) is 6.39. The number of nitrogens with one attached hydrogen (secondary N) is 1. The fraction of sp³-hybridized carbons (Fsp3) is 0.476. The monoisotopic (exact) mass is 402 g/mol. The molecule has 0 aliphatic carbocycles. The lowest BCUT2D eigenvalue weighted by Gasteiger charge is -2.31. The molecule has 3 heterocycles. The standard InChI is InChI=1S/C21H27ClN4O2/c1-14(2)15(3)23-21(28)16-9-12-25(13-10-16)19(27)8-7-17-20(22)24-18-6-4-5-11-26(17)18/h4-8,11,14-16H,9-10,12-13H2,1-3H3,(H,23,28)/b8-7+. The summed E-state index contributed by atoms with van der Waals surface area (Å²) in [6, 6.07) is 5.80. The number of hydrogen-bond acceptors (Lipinski definition) is 3. The molecular formula is C21H27ClN4O2. The molecule has 0 spiro atoms. The number of imidazole rings is 1. The van der Waals surface area contributed by atoms with Crippen molar-refractivity contribution in [1.82, 2.24) is 19.6 Å². The Balaban J connectivity index is 1.57. The van der Waals surface area contributed by atoms with Crippen LogP contribution in [-0.2, 0) is 9.59 Å². The third-order valence-electron chi connectivity index (χ3n) is 5.45. The number of likely N-dealkylation sites (tertiary alicyclic amines) is 1. The van der Waals surface area contributed by atoms with Gasteiger partial charge in [-0.1, -0.05) is 31.5 Å². The van der Waals surface area contributed by atoms with Crippen LogP contribution >= 0.6 is 11.6 Å². The predicted molar refractivity (Wildman–Crippen MR) is 111 cm³/mol. The Morgan fingerprint density at radius 3 is 2.64 bits per heavy atom. The van der Waals surface area contributed by atoms with E-state index in [0.29, 0.717) is 42.7 Å². The number of nitrogens with zero attached hydrogens (tertiary/aromatic N) is 3. The van der Waals surface area contributed by atoms with Crippen LogP contribution in [0, 0.1) is 11.8 Å². The highest BCUT2D eigenvalue weighted by Gasteiger charge is 2.27. The summed E-state index contributed by atoms with van der Waals surface area (Å²) < 4.78 is 1.85. The number of piperidine rings is 1. The zero-order chi connectivity index (χ0) is 20.3. The lowest BCUT2D eigenvalue weighted by molar-refractivity contribution is -0.132. The van der Waals surface area contributed by atoms with Crippen molar-refractivity contribution in [3.05, 3.63) is 41.3 Å². The first-order valence-corrected chi connectivity index (χ1v) is 10.1. The highest BCUT2D eigenvalue weighted by Crippen LogP contribution is 2.21. The van der Waals surface area contributed by atoms with Gasteiger partial charge in [-0.15, -0.1) is 0 Å². The predicted octanol–water partition coefficient (Wildman–Crippen LogP) is 3.40. The van der Waals surface area contributed by atoms with E-state index in [1.165, 1.54) is 6.08 Å². The Morgan fingerprint density at radius 1 is 1.25 bits per heavy atom. The molecule has 1 saturated heterocycles. The van der Waals surface area contributed by atoms with E-state index in [-0.39, 0.29) is 23.8 Å². The maximum absolute atomic E-state index is 12.6. The van der Waals surface area contributed by atoms with E-state index in [0.717, 1.165) is 5.65 Å². The minimum absolute atomic E-state index is 0.0255. The third-order valence-corrected chi connectivity index (χ3v) is 5.73. The van der Waals surface area contributed by atoms with Gasteiger partial charge in [-0.3, -0.25) is 14.0 Å². The molecule has 0 saturated carbocycles. The van der Waals surface area contributed by atoms with E-state index in [9.17, 15) is 9.59 Å². The summed E-state index contributed by atoms with van der Waals surface area (Å²) in [7, 11) is 0. The van der Waals surface area contributed by atoms with Crippen LogP contribution in [0.5, 0.6) is 0 Å². The molecule has 1 aliphatic rings. The largest absolute Gasteiger partial charge is 0.353 e. The van der Waals surface area contributed by atoms with E-state index in [4.69, 9.17) is 11.6 Å². The highest BCUT2D eigenvalue weighted by atomic mass is 35.5. The normalized spacial score (nSPS) is 16.8. The average molecular weight is 403 g/mol. The average Bonchev–Trinajstić information content (AvgIpc) is 3.01. The number of rotatable bonds is 5. The molecule has 1 N–H and O–H groups in total. The molecule has 0 bridgehead atoms. The smallest absolute Gasteiger partial charge is 0.246 e. The number of amides is 2. The molecule has 2 amide bonds. The summed E-state index contributed by atoms with van der Waals surface area (Å²) in [4.78, 5) is 31.0. The number of carbonyl (C=O) groups is 2. The van der Waals surface area contributed by atoms with Crippen LogP contribution in [0.4, 0.5) is 0 Å².